The van der Waals surface area contributed by atoms with E-state index in [9.17, 15) is 9.18 Å². The third-order valence-corrected chi connectivity index (χ3v) is 3.95. The van der Waals surface area contributed by atoms with Gasteiger partial charge < -0.3 is 10.6 Å². The minimum atomic E-state index is -0.164. The van der Waals surface area contributed by atoms with E-state index in [1.807, 2.05) is 0 Å². The smallest absolute Gasteiger partial charge is 0.237 e. The molecule has 1 aliphatic heterocycles. The Morgan fingerprint density at radius 3 is 2.65 bits per heavy atom. The standard InChI is InChI=1S/C16H23FN2O/c1-10-4-5-18-14(6-10)16(20)19-9-13-7-11(2)15(17)12(3)8-13/h7-8,10,14,18H,4-6,9H2,1-3H3,(H,19,20). The Hall–Kier alpha value is -1.42. The third-order valence-electron chi connectivity index (χ3n) is 3.95. The Balaban J connectivity index is 1.93. The minimum Gasteiger partial charge on any atom is -0.351 e. The molecule has 0 aromatic heterocycles. The molecule has 0 spiro atoms. The summed E-state index contributed by atoms with van der Waals surface area (Å²) in [6.07, 6.45) is 2.01. The zero-order chi connectivity index (χ0) is 14.7. The van der Waals surface area contributed by atoms with Crippen molar-refractivity contribution < 1.29 is 9.18 Å². The van der Waals surface area contributed by atoms with Gasteiger partial charge in [-0.25, -0.2) is 4.39 Å². The van der Waals surface area contributed by atoms with Crippen molar-refractivity contribution in [3.05, 3.63) is 34.6 Å². The fraction of sp³-hybridized carbons (Fsp3) is 0.562. The van der Waals surface area contributed by atoms with Crippen LogP contribution in [0.25, 0.3) is 0 Å². The molecular formula is C16H23FN2O. The summed E-state index contributed by atoms with van der Waals surface area (Å²) in [5.74, 6) is 0.460. The molecule has 1 heterocycles. The lowest BCUT2D eigenvalue weighted by Gasteiger charge is -2.27. The van der Waals surface area contributed by atoms with E-state index < -0.39 is 0 Å². The molecule has 4 heteroatoms. The average molecular weight is 278 g/mol. The van der Waals surface area contributed by atoms with Crippen LogP contribution in [0.15, 0.2) is 12.1 Å². The fourth-order valence-electron chi connectivity index (χ4n) is 2.76. The van der Waals surface area contributed by atoms with Gasteiger partial charge in [-0.15, -0.1) is 0 Å². The largest absolute Gasteiger partial charge is 0.351 e. The summed E-state index contributed by atoms with van der Waals surface area (Å²) in [6.45, 7) is 7.02. The van der Waals surface area contributed by atoms with Crippen LogP contribution >= 0.6 is 0 Å². The molecule has 1 aromatic rings. The maximum atomic E-state index is 13.5. The van der Waals surface area contributed by atoms with Gasteiger partial charge >= 0.3 is 0 Å². The third kappa shape index (κ3) is 3.57. The van der Waals surface area contributed by atoms with Crippen LogP contribution in [0.5, 0.6) is 0 Å². The van der Waals surface area contributed by atoms with E-state index in [0.717, 1.165) is 24.9 Å². The van der Waals surface area contributed by atoms with Crippen LogP contribution in [0.2, 0.25) is 0 Å². The first-order chi connectivity index (χ1) is 9.47. The number of amides is 1. The summed E-state index contributed by atoms with van der Waals surface area (Å²) >= 11 is 0. The number of rotatable bonds is 3. The van der Waals surface area contributed by atoms with Crippen LogP contribution in [0, 0.1) is 25.6 Å². The molecule has 110 valence electrons. The van der Waals surface area contributed by atoms with E-state index >= 15 is 0 Å². The van der Waals surface area contributed by atoms with Crippen molar-refractivity contribution >= 4 is 5.91 Å². The average Bonchev–Trinajstić information content (AvgIpc) is 2.42. The van der Waals surface area contributed by atoms with Gasteiger partial charge in [0.2, 0.25) is 5.91 Å². The topological polar surface area (TPSA) is 41.1 Å². The molecule has 2 unspecified atom stereocenters. The summed E-state index contributed by atoms with van der Waals surface area (Å²) in [6, 6.07) is 3.49. The van der Waals surface area contributed by atoms with Crippen LogP contribution in [-0.4, -0.2) is 18.5 Å². The zero-order valence-electron chi connectivity index (χ0n) is 12.4. The minimum absolute atomic E-state index is 0.0381. The number of hydrogen-bond donors (Lipinski definition) is 2. The van der Waals surface area contributed by atoms with Gasteiger partial charge in [0.1, 0.15) is 5.82 Å². The molecule has 1 aliphatic rings. The van der Waals surface area contributed by atoms with E-state index in [0.29, 0.717) is 23.6 Å². The summed E-state index contributed by atoms with van der Waals surface area (Å²) in [5, 5.41) is 6.18. The highest BCUT2D eigenvalue weighted by molar-refractivity contribution is 5.81. The normalized spacial score (nSPS) is 22.6. The molecule has 3 nitrogen and oxygen atoms in total. The number of piperidine rings is 1. The second-order valence-corrected chi connectivity index (χ2v) is 5.90. The summed E-state index contributed by atoms with van der Waals surface area (Å²) in [4.78, 5) is 12.1. The number of carbonyl (C=O) groups is 1. The highest BCUT2D eigenvalue weighted by atomic mass is 19.1. The zero-order valence-corrected chi connectivity index (χ0v) is 12.4. The molecule has 20 heavy (non-hydrogen) atoms. The summed E-state index contributed by atoms with van der Waals surface area (Å²) in [5.41, 5.74) is 2.19. The Labute approximate surface area is 120 Å². The van der Waals surface area contributed by atoms with Crippen molar-refractivity contribution in [2.45, 2.75) is 46.2 Å². The van der Waals surface area contributed by atoms with Gasteiger partial charge in [0.25, 0.3) is 0 Å². The number of aryl methyl sites for hydroxylation is 2. The predicted octanol–water partition coefficient (Wildman–Crippen LogP) is 2.45. The van der Waals surface area contributed by atoms with E-state index in [-0.39, 0.29) is 17.8 Å². The molecule has 2 N–H and O–H groups in total. The molecule has 1 aromatic carbocycles. The van der Waals surface area contributed by atoms with Crippen LogP contribution < -0.4 is 10.6 Å². The first kappa shape index (κ1) is 15.0. The first-order valence-corrected chi connectivity index (χ1v) is 7.24. The van der Waals surface area contributed by atoms with Crippen molar-refractivity contribution in [3.63, 3.8) is 0 Å². The lowest BCUT2D eigenvalue weighted by Crippen LogP contribution is -2.48. The highest BCUT2D eigenvalue weighted by Crippen LogP contribution is 2.16. The molecule has 2 atom stereocenters. The van der Waals surface area contributed by atoms with Crippen LogP contribution in [0.1, 0.15) is 36.5 Å². The van der Waals surface area contributed by atoms with Crippen molar-refractivity contribution in [2.24, 2.45) is 5.92 Å². The number of benzene rings is 1. The molecule has 1 amide bonds. The van der Waals surface area contributed by atoms with Crippen molar-refractivity contribution in [1.29, 1.82) is 0 Å². The molecule has 0 aliphatic carbocycles. The summed E-state index contributed by atoms with van der Waals surface area (Å²) in [7, 11) is 0. The molecule has 1 fully saturated rings. The van der Waals surface area contributed by atoms with Gasteiger partial charge in [0.15, 0.2) is 0 Å². The van der Waals surface area contributed by atoms with Gasteiger partial charge in [-0.2, -0.15) is 0 Å². The quantitative estimate of drug-likeness (QED) is 0.891. The highest BCUT2D eigenvalue weighted by Gasteiger charge is 2.24. The Morgan fingerprint density at radius 1 is 1.40 bits per heavy atom. The van der Waals surface area contributed by atoms with Gasteiger partial charge in [-0.1, -0.05) is 19.1 Å². The molecule has 2 rings (SSSR count). The lowest BCUT2D eigenvalue weighted by molar-refractivity contribution is -0.124. The summed E-state index contributed by atoms with van der Waals surface area (Å²) < 4.78 is 13.5. The van der Waals surface area contributed by atoms with Crippen molar-refractivity contribution in [2.75, 3.05) is 6.54 Å². The number of nitrogens with one attached hydrogen (secondary N) is 2. The second-order valence-electron chi connectivity index (χ2n) is 5.90. The lowest BCUT2D eigenvalue weighted by atomic mass is 9.94. The fourth-order valence-corrected chi connectivity index (χ4v) is 2.76. The second kappa shape index (κ2) is 6.35. The molecule has 0 saturated carbocycles. The Morgan fingerprint density at radius 2 is 2.05 bits per heavy atom. The van der Waals surface area contributed by atoms with Gasteiger partial charge in [0.05, 0.1) is 6.04 Å². The predicted molar refractivity (Wildman–Crippen MR) is 77.9 cm³/mol. The van der Waals surface area contributed by atoms with E-state index in [1.165, 1.54) is 0 Å². The van der Waals surface area contributed by atoms with Crippen LogP contribution in [-0.2, 0) is 11.3 Å². The van der Waals surface area contributed by atoms with Crippen molar-refractivity contribution in [3.8, 4) is 0 Å². The Bertz CT molecular complexity index is 478. The van der Waals surface area contributed by atoms with Crippen LogP contribution in [0.3, 0.4) is 0 Å². The number of carbonyl (C=O) groups excluding carboxylic acids is 1. The van der Waals surface area contributed by atoms with E-state index in [1.54, 1.807) is 26.0 Å². The maximum absolute atomic E-state index is 13.5. The van der Waals surface area contributed by atoms with E-state index in [4.69, 9.17) is 0 Å². The van der Waals surface area contributed by atoms with Gasteiger partial charge in [0, 0.05) is 6.54 Å². The number of hydrogen-bond acceptors (Lipinski definition) is 2. The number of halogens is 1. The van der Waals surface area contributed by atoms with Gasteiger partial charge in [-0.3, -0.25) is 4.79 Å². The SMILES string of the molecule is Cc1cc(CNC(=O)C2CC(C)CCN2)cc(C)c1F. The maximum Gasteiger partial charge on any atom is 0.237 e. The molecule has 1 saturated heterocycles. The monoisotopic (exact) mass is 278 g/mol. The van der Waals surface area contributed by atoms with Crippen molar-refractivity contribution in [1.82, 2.24) is 10.6 Å². The van der Waals surface area contributed by atoms with Crippen LogP contribution in [0.4, 0.5) is 4.39 Å². The van der Waals surface area contributed by atoms with E-state index in [2.05, 4.69) is 17.6 Å². The van der Waals surface area contributed by atoms with Gasteiger partial charge in [-0.05, 0) is 55.8 Å². The molecular weight excluding hydrogens is 255 g/mol. The Kier molecular flexibility index (Phi) is 4.76. The molecule has 0 bridgehead atoms. The first-order valence-electron chi connectivity index (χ1n) is 7.24. The molecule has 0 radical (unpaired) electrons.